The van der Waals surface area contributed by atoms with E-state index in [-0.39, 0.29) is 18.5 Å². The minimum Gasteiger partial charge on any atom is -0.481 e. The highest BCUT2D eigenvalue weighted by atomic mass is 16.4. The number of urea groups is 1. The lowest BCUT2D eigenvalue weighted by atomic mass is 9.94. The van der Waals surface area contributed by atoms with Crippen LogP contribution < -0.4 is 10.6 Å². The van der Waals surface area contributed by atoms with Crippen LogP contribution in [0.1, 0.15) is 32.3 Å². The highest BCUT2D eigenvalue weighted by Crippen LogP contribution is 2.14. The van der Waals surface area contributed by atoms with Crippen LogP contribution in [0.3, 0.4) is 0 Å². The Balaban J connectivity index is 2.35. The van der Waals surface area contributed by atoms with Crippen molar-refractivity contribution in [3.05, 3.63) is 35.9 Å². The SMILES string of the molecule is CC(CNC(=O)NCC(C)(C)C(=O)O)c1ccccc1. The van der Waals surface area contributed by atoms with Gasteiger partial charge in [-0.15, -0.1) is 0 Å². The number of hydrogen-bond donors (Lipinski definition) is 3. The molecule has 20 heavy (non-hydrogen) atoms. The zero-order valence-corrected chi connectivity index (χ0v) is 12.1. The molecule has 0 aliphatic rings. The molecule has 3 N–H and O–H groups in total. The quantitative estimate of drug-likeness (QED) is 0.746. The first-order valence-corrected chi connectivity index (χ1v) is 6.63. The summed E-state index contributed by atoms with van der Waals surface area (Å²) in [5.74, 6) is -0.732. The smallest absolute Gasteiger partial charge is 0.314 e. The summed E-state index contributed by atoms with van der Waals surface area (Å²) in [6, 6.07) is 9.55. The van der Waals surface area contributed by atoms with E-state index in [1.54, 1.807) is 13.8 Å². The van der Waals surface area contributed by atoms with Crippen LogP contribution in [0.15, 0.2) is 30.3 Å². The van der Waals surface area contributed by atoms with Gasteiger partial charge >= 0.3 is 12.0 Å². The molecule has 5 heteroatoms. The van der Waals surface area contributed by atoms with Crippen LogP contribution in [0.25, 0.3) is 0 Å². The van der Waals surface area contributed by atoms with E-state index in [4.69, 9.17) is 5.11 Å². The van der Waals surface area contributed by atoms with Crippen molar-refractivity contribution in [2.45, 2.75) is 26.7 Å². The summed E-state index contributed by atoms with van der Waals surface area (Å²) in [6.45, 7) is 5.76. The molecular formula is C15H22N2O3. The lowest BCUT2D eigenvalue weighted by molar-refractivity contribution is -0.146. The number of rotatable bonds is 6. The Morgan fingerprint density at radius 3 is 2.35 bits per heavy atom. The maximum atomic E-state index is 11.6. The second kappa shape index (κ2) is 6.93. The first-order valence-electron chi connectivity index (χ1n) is 6.63. The van der Waals surface area contributed by atoms with Gasteiger partial charge < -0.3 is 15.7 Å². The van der Waals surface area contributed by atoms with Gasteiger partial charge in [-0.25, -0.2) is 4.79 Å². The number of carbonyl (C=O) groups excluding carboxylic acids is 1. The molecule has 0 saturated heterocycles. The van der Waals surface area contributed by atoms with Crippen LogP contribution in [0.4, 0.5) is 4.79 Å². The van der Waals surface area contributed by atoms with E-state index in [9.17, 15) is 9.59 Å². The Morgan fingerprint density at radius 2 is 1.80 bits per heavy atom. The molecule has 0 heterocycles. The average molecular weight is 278 g/mol. The molecule has 0 saturated carbocycles. The summed E-state index contributed by atoms with van der Waals surface area (Å²) in [5, 5.41) is 14.3. The first-order chi connectivity index (χ1) is 9.33. The molecule has 0 fully saturated rings. The van der Waals surface area contributed by atoms with Crippen molar-refractivity contribution in [1.82, 2.24) is 10.6 Å². The summed E-state index contributed by atoms with van der Waals surface area (Å²) in [4.78, 5) is 22.5. The maximum absolute atomic E-state index is 11.6. The molecule has 5 nitrogen and oxygen atoms in total. The molecular weight excluding hydrogens is 256 g/mol. The Morgan fingerprint density at radius 1 is 1.20 bits per heavy atom. The van der Waals surface area contributed by atoms with E-state index < -0.39 is 11.4 Å². The van der Waals surface area contributed by atoms with Gasteiger partial charge in [0.1, 0.15) is 0 Å². The van der Waals surface area contributed by atoms with Crippen molar-refractivity contribution in [2.75, 3.05) is 13.1 Å². The minimum atomic E-state index is -0.970. The van der Waals surface area contributed by atoms with Crippen molar-refractivity contribution < 1.29 is 14.7 Å². The summed E-state index contributed by atoms with van der Waals surface area (Å²) >= 11 is 0. The third-order valence-corrected chi connectivity index (χ3v) is 3.21. The first kappa shape index (κ1) is 16.0. The number of carboxylic acids is 1. The number of carboxylic acid groups (broad SMARTS) is 1. The Bertz CT molecular complexity index is 457. The number of nitrogens with one attached hydrogen (secondary N) is 2. The highest BCUT2D eigenvalue weighted by molar-refractivity contribution is 5.77. The predicted octanol–water partition coefficient (Wildman–Crippen LogP) is 2.20. The van der Waals surface area contributed by atoms with Gasteiger partial charge in [-0.3, -0.25) is 4.79 Å². The van der Waals surface area contributed by atoms with E-state index >= 15 is 0 Å². The molecule has 0 aliphatic carbocycles. The summed E-state index contributed by atoms with van der Waals surface area (Å²) in [5.41, 5.74) is 0.182. The van der Waals surface area contributed by atoms with Gasteiger partial charge in [-0.1, -0.05) is 37.3 Å². The molecule has 110 valence electrons. The fraction of sp³-hybridized carbons (Fsp3) is 0.467. The largest absolute Gasteiger partial charge is 0.481 e. The normalized spacial score (nSPS) is 12.6. The van der Waals surface area contributed by atoms with Gasteiger partial charge in [0.15, 0.2) is 0 Å². The summed E-state index contributed by atoms with van der Waals surface area (Å²) in [6.07, 6.45) is 0. The Kier molecular flexibility index (Phi) is 5.55. The molecule has 0 aromatic heterocycles. The van der Waals surface area contributed by atoms with Crippen molar-refractivity contribution in [3.63, 3.8) is 0 Å². The third kappa shape index (κ3) is 4.91. The van der Waals surface area contributed by atoms with Crippen molar-refractivity contribution >= 4 is 12.0 Å². The van der Waals surface area contributed by atoms with Crippen molar-refractivity contribution in [3.8, 4) is 0 Å². The minimum absolute atomic E-state index is 0.0912. The van der Waals surface area contributed by atoms with Crippen LogP contribution in [0.2, 0.25) is 0 Å². The molecule has 1 aromatic rings. The molecule has 1 atom stereocenters. The van der Waals surface area contributed by atoms with Crippen LogP contribution >= 0.6 is 0 Å². The fourth-order valence-electron chi connectivity index (χ4n) is 1.58. The monoisotopic (exact) mass is 278 g/mol. The summed E-state index contributed by atoms with van der Waals surface area (Å²) in [7, 11) is 0. The van der Waals surface area contributed by atoms with E-state index in [1.165, 1.54) is 0 Å². The number of amides is 2. The molecule has 0 aliphatic heterocycles. The highest BCUT2D eigenvalue weighted by Gasteiger charge is 2.27. The number of hydrogen-bond acceptors (Lipinski definition) is 2. The number of benzene rings is 1. The molecule has 1 unspecified atom stereocenters. The molecule has 1 aromatic carbocycles. The van der Waals surface area contributed by atoms with Gasteiger partial charge in [0.25, 0.3) is 0 Å². The Labute approximate surface area is 119 Å². The van der Waals surface area contributed by atoms with Gasteiger partial charge in [-0.05, 0) is 25.3 Å². The van der Waals surface area contributed by atoms with Crippen LogP contribution in [-0.2, 0) is 4.79 Å². The van der Waals surface area contributed by atoms with Crippen molar-refractivity contribution in [2.24, 2.45) is 5.41 Å². The maximum Gasteiger partial charge on any atom is 0.314 e. The Hall–Kier alpha value is -2.04. The van der Waals surface area contributed by atoms with Crippen LogP contribution in [0, 0.1) is 5.41 Å². The van der Waals surface area contributed by atoms with Gasteiger partial charge in [0.05, 0.1) is 5.41 Å². The van der Waals surface area contributed by atoms with E-state index in [0.717, 1.165) is 5.56 Å². The lowest BCUT2D eigenvalue weighted by Gasteiger charge is -2.20. The van der Waals surface area contributed by atoms with E-state index in [0.29, 0.717) is 6.54 Å². The zero-order valence-electron chi connectivity index (χ0n) is 12.1. The fourth-order valence-corrected chi connectivity index (χ4v) is 1.58. The molecule has 2 amide bonds. The number of aliphatic carboxylic acids is 1. The number of carbonyl (C=O) groups is 2. The van der Waals surface area contributed by atoms with Crippen molar-refractivity contribution in [1.29, 1.82) is 0 Å². The second-order valence-corrected chi connectivity index (χ2v) is 5.56. The molecule has 0 spiro atoms. The second-order valence-electron chi connectivity index (χ2n) is 5.56. The average Bonchev–Trinajstić information content (AvgIpc) is 2.43. The third-order valence-electron chi connectivity index (χ3n) is 3.21. The van der Waals surface area contributed by atoms with E-state index in [2.05, 4.69) is 10.6 Å². The van der Waals surface area contributed by atoms with Gasteiger partial charge in [0.2, 0.25) is 0 Å². The van der Waals surface area contributed by atoms with E-state index in [1.807, 2.05) is 37.3 Å². The van der Waals surface area contributed by atoms with Gasteiger partial charge in [0, 0.05) is 13.1 Å². The van der Waals surface area contributed by atoms with Crippen LogP contribution in [0.5, 0.6) is 0 Å². The van der Waals surface area contributed by atoms with Crippen LogP contribution in [-0.4, -0.2) is 30.2 Å². The zero-order chi connectivity index (χ0) is 15.2. The summed E-state index contributed by atoms with van der Waals surface area (Å²) < 4.78 is 0. The molecule has 1 rings (SSSR count). The molecule has 0 radical (unpaired) electrons. The predicted molar refractivity (Wildman–Crippen MR) is 77.7 cm³/mol. The van der Waals surface area contributed by atoms with Gasteiger partial charge in [-0.2, -0.15) is 0 Å². The lowest BCUT2D eigenvalue weighted by Crippen LogP contribution is -2.44. The molecule has 0 bridgehead atoms. The standard InChI is InChI=1S/C15H22N2O3/c1-11(12-7-5-4-6-8-12)9-16-14(20)17-10-15(2,3)13(18)19/h4-8,11H,9-10H2,1-3H3,(H,18,19)(H2,16,17,20). The topological polar surface area (TPSA) is 78.4 Å².